The van der Waals surface area contributed by atoms with Crippen molar-refractivity contribution in [3.8, 4) is 0 Å². The lowest BCUT2D eigenvalue weighted by atomic mass is 9.73. The van der Waals surface area contributed by atoms with Gasteiger partial charge in [0, 0.05) is 11.1 Å². The van der Waals surface area contributed by atoms with Crippen LogP contribution in [0.4, 0.5) is 0 Å². The second-order valence-corrected chi connectivity index (χ2v) is 5.84. The van der Waals surface area contributed by atoms with E-state index in [-0.39, 0.29) is 11.1 Å². The number of piperidine rings is 1. The Morgan fingerprint density at radius 3 is 1.85 bits per heavy atom. The maximum absolute atomic E-state index is 4.08. The molecule has 0 unspecified atom stereocenters. The molecule has 0 atom stereocenters. The number of allylic oxidation sites excluding steroid dienone is 1. The van der Waals surface area contributed by atoms with E-state index < -0.39 is 0 Å². The number of rotatable bonds is 1. The Labute approximate surface area is 82.6 Å². The fourth-order valence-corrected chi connectivity index (χ4v) is 2.67. The standard InChI is InChI=1S/C12H23N/c1-9(2)10-7-11(3,4)13-12(5,6)8-10/h10,13H,1,7-8H2,2-6H3. The normalized spacial score (nSPS) is 27.2. The van der Waals surface area contributed by atoms with Gasteiger partial charge in [0.05, 0.1) is 0 Å². The molecule has 0 aromatic heterocycles. The Kier molecular flexibility index (Phi) is 2.59. The van der Waals surface area contributed by atoms with Gasteiger partial charge in [0.1, 0.15) is 0 Å². The van der Waals surface area contributed by atoms with Gasteiger partial charge in [-0.15, -0.1) is 0 Å². The van der Waals surface area contributed by atoms with Gasteiger partial charge in [-0.05, 0) is 53.4 Å². The fourth-order valence-electron chi connectivity index (χ4n) is 2.67. The zero-order chi connectivity index (χ0) is 10.3. The Morgan fingerprint density at radius 1 is 1.15 bits per heavy atom. The average Bonchev–Trinajstić information content (AvgIpc) is 1.79. The molecule has 1 nitrogen and oxygen atoms in total. The minimum Gasteiger partial charge on any atom is -0.307 e. The number of hydrogen-bond acceptors (Lipinski definition) is 1. The quantitative estimate of drug-likeness (QED) is 0.613. The maximum Gasteiger partial charge on any atom is 0.0135 e. The van der Waals surface area contributed by atoms with Gasteiger partial charge in [0.2, 0.25) is 0 Å². The van der Waals surface area contributed by atoms with Crippen LogP contribution in [0.15, 0.2) is 12.2 Å². The van der Waals surface area contributed by atoms with Crippen molar-refractivity contribution >= 4 is 0 Å². The lowest BCUT2D eigenvalue weighted by Gasteiger charge is -2.46. The van der Waals surface area contributed by atoms with Crippen LogP contribution in [0.3, 0.4) is 0 Å². The first-order valence-electron chi connectivity index (χ1n) is 5.17. The average molecular weight is 181 g/mol. The summed E-state index contributed by atoms with van der Waals surface area (Å²) < 4.78 is 0. The summed E-state index contributed by atoms with van der Waals surface area (Å²) in [5.41, 5.74) is 1.85. The molecule has 13 heavy (non-hydrogen) atoms. The zero-order valence-electron chi connectivity index (χ0n) is 9.70. The second-order valence-electron chi connectivity index (χ2n) is 5.84. The molecule has 0 bridgehead atoms. The predicted octanol–water partition coefficient (Wildman–Crippen LogP) is 3.12. The van der Waals surface area contributed by atoms with Crippen LogP contribution in [0.25, 0.3) is 0 Å². The molecule has 0 aliphatic carbocycles. The second kappa shape index (κ2) is 3.13. The Balaban J connectivity index is 2.78. The highest BCUT2D eigenvalue weighted by Crippen LogP contribution is 2.35. The van der Waals surface area contributed by atoms with Crippen molar-refractivity contribution in [3.63, 3.8) is 0 Å². The Hall–Kier alpha value is -0.300. The molecule has 0 aromatic carbocycles. The molecule has 1 saturated heterocycles. The molecule has 0 aromatic rings. The SMILES string of the molecule is C=C(C)C1CC(C)(C)NC(C)(C)C1. The summed E-state index contributed by atoms with van der Waals surface area (Å²) in [6.07, 6.45) is 2.43. The van der Waals surface area contributed by atoms with Crippen molar-refractivity contribution in [3.05, 3.63) is 12.2 Å². The molecule has 1 aliphatic heterocycles. The van der Waals surface area contributed by atoms with Crippen molar-refractivity contribution in [2.45, 2.75) is 58.5 Å². The monoisotopic (exact) mass is 181 g/mol. The lowest BCUT2D eigenvalue weighted by Crippen LogP contribution is -2.57. The van der Waals surface area contributed by atoms with Gasteiger partial charge in [0.15, 0.2) is 0 Å². The van der Waals surface area contributed by atoms with E-state index in [4.69, 9.17) is 0 Å². The number of hydrogen-bond donors (Lipinski definition) is 1. The van der Waals surface area contributed by atoms with Crippen LogP contribution in [0.2, 0.25) is 0 Å². The summed E-state index contributed by atoms with van der Waals surface area (Å²) in [4.78, 5) is 0. The summed E-state index contributed by atoms with van der Waals surface area (Å²) >= 11 is 0. The third kappa shape index (κ3) is 2.84. The minimum atomic E-state index is 0.255. The van der Waals surface area contributed by atoms with E-state index >= 15 is 0 Å². The summed E-state index contributed by atoms with van der Waals surface area (Å²) in [6, 6.07) is 0. The van der Waals surface area contributed by atoms with Gasteiger partial charge < -0.3 is 5.32 Å². The molecule has 1 heteroatoms. The maximum atomic E-state index is 4.08. The van der Waals surface area contributed by atoms with Gasteiger partial charge >= 0.3 is 0 Å². The van der Waals surface area contributed by atoms with Crippen molar-refractivity contribution in [2.75, 3.05) is 0 Å². The molecule has 0 radical (unpaired) electrons. The highest BCUT2D eigenvalue weighted by atomic mass is 15.0. The lowest BCUT2D eigenvalue weighted by molar-refractivity contribution is 0.145. The molecule has 1 N–H and O–H groups in total. The summed E-state index contributed by atoms with van der Waals surface area (Å²) in [5.74, 6) is 0.686. The van der Waals surface area contributed by atoms with E-state index in [1.807, 2.05) is 0 Å². The first-order valence-corrected chi connectivity index (χ1v) is 5.17. The smallest absolute Gasteiger partial charge is 0.0135 e. The van der Waals surface area contributed by atoms with Crippen molar-refractivity contribution < 1.29 is 0 Å². The van der Waals surface area contributed by atoms with Gasteiger partial charge in [-0.3, -0.25) is 0 Å². The van der Waals surface area contributed by atoms with E-state index in [1.54, 1.807) is 0 Å². The van der Waals surface area contributed by atoms with Gasteiger partial charge in [0.25, 0.3) is 0 Å². The van der Waals surface area contributed by atoms with Crippen LogP contribution >= 0.6 is 0 Å². The van der Waals surface area contributed by atoms with E-state index in [0.29, 0.717) is 5.92 Å². The third-order valence-corrected chi connectivity index (χ3v) is 2.89. The molecule has 1 heterocycles. The fraction of sp³-hybridized carbons (Fsp3) is 0.833. The topological polar surface area (TPSA) is 12.0 Å². The van der Waals surface area contributed by atoms with Crippen LogP contribution in [-0.4, -0.2) is 11.1 Å². The first-order chi connectivity index (χ1) is 5.72. The van der Waals surface area contributed by atoms with Crippen molar-refractivity contribution in [2.24, 2.45) is 5.92 Å². The third-order valence-electron chi connectivity index (χ3n) is 2.89. The summed E-state index contributed by atoms with van der Waals surface area (Å²) in [7, 11) is 0. The van der Waals surface area contributed by atoms with Crippen LogP contribution in [0.5, 0.6) is 0 Å². The molecule has 0 amide bonds. The predicted molar refractivity (Wildman–Crippen MR) is 58.8 cm³/mol. The number of nitrogens with one attached hydrogen (secondary N) is 1. The summed E-state index contributed by atoms with van der Waals surface area (Å²) in [5, 5.41) is 3.68. The van der Waals surface area contributed by atoms with Gasteiger partial charge in [-0.1, -0.05) is 12.2 Å². The molecule has 1 rings (SSSR count). The van der Waals surface area contributed by atoms with Gasteiger partial charge in [-0.25, -0.2) is 0 Å². The largest absolute Gasteiger partial charge is 0.307 e. The van der Waals surface area contributed by atoms with Crippen LogP contribution in [-0.2, 0) is 0 Å². The molecule has 1 fully saturated rings. The van der Waals surface area contributed by atoms with Crippen LogP contribution in [0.1, 0.15) is 47.5 Å². The van der Waals surface area contributed by atoms with E-state index in [1.165, 1.54) is 18.4 Å². The minimum absolute atomic E-state index is 0.255. The van der Waals surface area contributed by atoms with Crippen LogP contribution in [0, 0.1) is 5.92 Å². The van der Waals surface area contributed by atoms with Crippen molar-refractivity contribution in [1.82, 2.24) is 5.32 Å². The van der Waals surface area contributed by atoms with E-state index in [2.05, 4.69) is 46.5 Å². The van der Waals surface area contributed by atoms with Gasteiger partial charge in [-0.2, -0.15) is 0 Å². The molecule has 0 saturated carbocycles. The molecule has 1 aliphatic rings. The molecular weight excluding hydrogens is 158 g/mol. The zero-order valence-corrected chi connectivity index (χ0v) is 9.70. The van der Waals surface area contributed by atoms with Crippen LogP contribution < -0.4 is 5.32 Å². The molecule has 0 spiro atoms. The summed E-state index contributed by atoms with van der Waals surface area (Å²) in [6.45, 7) is 15.4. The highest BCUT2D eigenvalue weighted by Gasteiger charge is 2.37. The van der Waals surface area contributed by atoms with E-state index in [9.17, 15) is 0 Å². The van der Waals surface area contributed by atoms with E-state index in [0.717, 1.165) is 0 Å². The van der Waals surface area contributed by atoms with Crippen molar-refractivity contribution in [1.29, 1.82) is 0 Å². The Bertz CT molecular complexity index is 197. The Morgan fingerprint density at radius 2 is 1.54 bits per heavy atom. The molecular formula is C12H23N. The molecule has 76 valence electrons. The highest BCUT2D eigenvalue weighted by molar-refractivity contribution is 5.07. The first kappa shape index (κ1) is 10.8.